The molecule has 0 unspecified atom stereocenters. The molecule has 1 rings (SSSR count). The number of aromatic carboxylic acids is 1. The molecule has 0 N–H and O–H groups in total. The summed E-state index contributed by atoms with van der Waals surface area (Å²) in [6.07, 6.45) is 0. The molecule has 7 nitrogen and oxygen atoms in total. The van der Waals surface area contributed by atoms with Crippen molar-refractivity contribution in [3.63, 3.8) is 0 Å². The SMILES string of the molecule is C=C(C)C(=O)OCCOCCOC(=O)c1ccccc1C(=O)[O-]. The second kappa shape index (κ2) is 9.37. The van der Waals surface area contributed by atoms with E-state index in [1.165, 1.54) is 31.2 Å². The predicted molar refractivity (Wildman–Crippen MR) is 77.6 cm³/mol. The Morgan fingerprint density at radius 3 is 2.13 bits per heavy atom. The van der Waals surface area contributed by atoms with E-state index in [4.69, 9.17) is 14.2 Å². The molecule has 0 aliphatic carbocycles. The smallest absolute Gasteiger partial charge is 0.338 e. The zero-order valence-corrected chi connectivity index (χ0v) is 12.7. The quantitative estimate of drug-likeness (QED) is 0.367. The van der Waals surface area contributed by atoms with E-state index < -0.39 is 17.9 Å². The molecule has 1 aromatic rings. The maximum Gasteiger partial charge on any atom is 0.338 e. The molecule has 0 aromatic heterocycles. The van der Waals surface area contributed by atoms with Gasteiger partial charge < -0.3 is 24.1 Å². The summed E-state index contributed by atoms with van der Waals surface area (Å²) in [6, 6.07) is 5.61. The number of carboxylic acids is 1. The molecule has 0 radical (unpaired) electrons. The van der Waals surface area contributed by atoms with Crippen molar-refractivity contribution in [2.75, 3.05) is 26.4 Å². The van der Waals surface area contributed by atoms with Gasteiger partial charge in [-0.15, -0.1) is 0 Å². The molecular weight excluding hydrogens is 304 g/mol. The molecule has 0 aliphatic heterocycles. The summed E-state index contributed by atoms with van der Waals surface area (Å²) in [4.78, 5) is 33.7. The van der Waals surface area contributed by atoms with Crippen LogP contribution in [-0.4, -0.2) is 44.3 Å². The predicted octanol–water partition coefficient (Wildman–Crippen LogP) is 0.343. The van der Waals surface area contributed by atoms with E-state index in [1.54, 1.807) is 0 Å². The fourth-order valence-electron chi connectivity index (χ4n) is 1.53. The van der Waals surface area contributed by atoms with E-state index in [0.29, 0.717) is 5.57 Å². The minimum atomic E-state index is -1.45. The lowest BCUT2D eigenvalue weighted by Crippen LogP contribution is -2.25. The molecule has 124 valence electrons. The highest BCUT2D eigenvalue weighted by atomic mass is 16.6. The van der Waals surface area contributed by atoms with Gasteiger partial charge in [-0.05, 0) is 13.0 Å². The van der Waals surface area contributed by atoms with Crippen LogP contribution in [0.4, 0.5) is 0 Å². The lowest BCUT2D eigenvalue weighted by molar-refractivity contribution is -0.255. The Balaban J connectivity index is 2.26. The van der Waals surface area contributed by atoms with Crippen molar-refractivity contribution >= 4 is 17.9 Å². The molecule has 0 bridgehead atoms. The monoisotopic (exact) mass is 321 g/mol. The van der Waals surface area contributed by atoms with Gasteiger partial charge in [0.05, 0.1) is 24.7 Å². The Morgan fingerprint density at radius 1 is 1.00 bits per heavy atom. The van der Waals surface area contributed by atoms with Crippen molar-refractivity contribution in [3.8, 4) is 0 Å². The second-order valence-electron chi connectivity index (χ2n) is 4.50. The van der Waals surface area contributed by atoms with Crippen molar-refractivity contribution in [2.24, 2.45) is 0 Å². The summed E-state index contributed by atoms with van der Waals surface area (Å²) >= 11 is 0. The largest absolute Gasteiger partial charge is 0.545 e. The Labute approximate surface area is 133 Å². The van der Waals surface area contributed by atoms with Crippen LogP contribution in [0.2, 0.25) is 0 Å². The normalized spacial score (nSPS) is 9.96. The maximum absolute atomic E-state index is 11.8. The van der Waals surface area contributed by atoms with Crippen LogP contribution in [0.1, 0.15) is 27.6 Å². The number of carbonyl (C=O) groups excluding carboxylic acids is 3. The number of hydrogen-bond acceptors (Lipinski definition) is 7. The van der Waals surface area contributed by atoms with Crippen LogP contribution < -0.4 is 5.11 Å². The Kier molecular flexibility index (Phi) is 7.49. The molecule has 0 amide bonds. The topological polar surface area (TPSA) is 102 Å². The third-order valence-corrected chi connectivity index (χ3v) is 2.64. The first kappa shape index (κ1) is 18.4. The van der Waals surface area contributed by atoms with Gasteiger partial charge in [-0.3, -0.25) is 0 Å². The van der Waals surface area contributed by atoms with Crippen molar-refractivity contribution in [1.29, 1.82) is 0 Å². The Morgan fingerprint density at radius 2 is 1.57 bits per heavy atom. The summed E-state index contributed by atoms with van der Waals surface area (Å²) in [7, 11) is 0. The number of carboxylic acid groups (broad SMARTS) is 1. The van der Waals surface area contributed by atoms with Crippen molar-refractivity contribution in [2.45, 2.75) is 6.92 Å². The fourth-order valence-corrected chi connectivity index (χ4v) is 1.53. The first-order chi connectivity index (χ1) is 10.9. The van der Waals surface area contributed by atoms with Gasteiger partial charge in [-0.2, -0.15) is 0 Å². The maximum atomic E-state index is 11.8. The number of hydrogen-bond donors (Lipinski definition) is 0. The average Bonchev–Trinajstić information content (AvgIpc) is 2.53. The zero-order chi connectivity index (χ0) is 17.2. The lowest BCUT2D eigenvalue weighted by atomic mass is 10.1. The Hall–Kier alpha value is -2.67. The number of esters is 2. The summed E-state index contributed by atoms with van der Waals surface area (Å²) in [5.74, 6) is -2.73. The van der Waals surface area contributed by atoms with Gasteiger partial charge in [0.15, 0.2) is 0 Å². The minimum Gasteiger partial charge on any atom is -0.545 e. The molecule has 0 spiro atoms. The standard InChI is InChI=1S/C16H18O7/c1-11(2)15(19)22-9-7-21-8-10-23-16(20)13-6-4-3-5-12(13)14(17)18/h3-6H,1,7-10H2,2H3,(H,17,18)/p-1. The summed E-state index contributed by atoms with van der Waals surface area (Å²) in [5, 5.41) is 10.9. The van der Waals surface area contributed by atoms with Crippen LogP contribution in [0.25, 0.3) is 0 Å². The summed E-state index contributed by atoms with van der Waals surface area (Å²) in [5.41, 5.74) is -0.0153. The first-order valence-corrected chi connectivity index (χ1v) is 6.81. The van der Waals surface area contributed by atoms with E-state index in [9.17, 15) is 19.5 Å². The van der Waals surface area contributed by atoms with Gasteiger partial charge in [0.25, 0.3) is 0 Å². The van der Waals surface area contributed by atoms with Crippen LogP contribution in [0.15, 0.2) is 36.4 Å². The highest BCUT2D eigenvalue weighted by Crippen LogP contribution is 2.09. The molecule has 23 heavy (non-hydrogen) atoms. The molecule has 0 saturated carbocycles. The average molecular weight is 321 g/mol. The van der Waals surface area contributed by atoms with E-state index in [2.05, 4.69) is 6.58 Å². The van der Waals surface area contributed by atoms with E-state index in [-0.39, 0.29) is 37.6 Å². The first-order valence-electron chi connectivity index (χ1n) is 6.81. The van der Waals surface area contributed by atoms with Gasteiger partial charge in [-0.25, -0.2) is 9.59 Å². The number of benzene rings is 1. The van der Waals surface area contributed by atoms with Crippen molar-refractivity contribution < 1.29 is 33.7 Å². The third-order valence-electron chi connectivity index (χ3n) is 2.64. The zero-order valence-electron chi connectivity index (χ0n) is 12.7. The molecule has 0 saturated heterocycles. The van der Waals surface area contributed by atoms with Gasteiger partial charge in [-0.1, -0.05) is 24.8 Å². The van der Waals surface area contributed by atoms with Crippen molar-refractivity contribution in [1.82, 2.24) is 0 Å². The molecule has 0 aliphatic rings. The number of rotatable bonds is 9. The van der Waals surface area contributed by atoms with Crippen LogP contribution >= 0.6 is 0 Å². The molecule has 0 heterocycles. The van der Waals surface area contributed by atoms with Crippen LogP contribution in [-0.2, 0) is 19.0 Å². The fraction of sp³-hybridized carbons (Fsp3) is 0.312. The number of carbonyl (C=O) groups is 3. The third kappa shape index (κ3) is 6.31. The summed E-state index contributed by atoms with van der Waals surface area (Å²) < 4.78 is 14.8. The molecule has 0 fully saturated rings. The number of ether oxygens (including phenoxy) is 3. The van der Waals surface area contributed by atoms with Crippen LogP contribution in [0, 0.1) is 0 Å². The second-order valence-corrected chi connectivity index (χ2v) is 4.50. The van der Waals surface area contributed by atoms with Gasteiger partial charge in [0.1, 0.15) is 13.2 Å². The van der Waals surface area contributed by atoms with Crippen LogP contribution in [0.5, 0.6) is 0 Å². The van der Waals surface area contributed by atoms with Gasteiger partial charge >= 0.3 is 11.9 Å². The van der Waals surface area contributed by atoms with Crippen LogP contribution in [0.3, 0.4) is 0 Å². The van der Waals surface area contributed by atoms with E-state index in [1.807, 2.05) is 0 Å². The van der Waals surface area contributed by atoms with Gasteiger partial charge in [0.2, 0.25) is 0 Å². The van der Waals surface area contributed by atoms with E-state index >= 15 is 0 Å². The van der Waals surface area contributed by atoms with E-state index in [0.717, 1.165) is 0 Å². The molecular formula is C16H17O7-. The highest BCUT2D eigenvalue weighted by molar-refractivity contribution is 6.01. The van der Waals surface area contributed by atoms with Crippen molar-refractivity contribution in [3.05, 3.63) is 47.5 Å². The molecule has 0 atom stereocenters. The molecule has 7 heteroatoms. The highest BCUT2D eigenvalue weighted by Gasteiger charge is 2.12. The Bertz CT molecular complexity index is 592. The summed E-state index contributed by atoms with van der Waals surface area (Å²) in [6.45, 7) is 5.20. The molecule has 1 aromatic carbocycles. The van der Waals surface area contributed by atoms with Gasteiger partial charge in [0, 0.05) is 11.1 Å². The minimum absolute atomic E-state index is 0.0609. The lowest BCUT2D eigenvalue weighted by Gasteiger charge is -2.10.